The molecule has 0 saturated heterocycles. The second kappa shape index (κ2) is 7.06. The molecule has 0 aliphatic rings. The lowest BCUT2D eigenvalue weighted by Crippen LogP contribution is -2.45. The summed E-state index contributed by atoms with van der Waals surface area (Å²) in [5.41, 5.74) is 2.65. The Morgan fingerprint density at radius 3 is 2.26 bits per heavy atom. The lowest BCUT2D eigenvalue weighted by atomic mass is 9.97. The fourth-order valence-corrected chi connectivity index (χ4v) is 1.97. The number of likely N-dealkylation sites (N-methyl/N-ethyl adjacent to an activating group) is 1. The molecule has 0 aromatic heterocycles. The van der Waals surface area contributed by atoms with E-state index in [-0.39, 0.29) is 12.1 Å². The molecule has 0 saturated carbocycles. The molecule has 0 aliphatic carbocycles. The lowest BCUT2D eigenvalue weighted by molar-refractivity contribution is 0.0801. The fraction of sp³-hybridized carbons (Fsp3) is 0.647. The Bertz CT molecular complexity index is 369. The van der Waals surface area contributed by atoms with Crippen LogP contribution in [0.15, 0.2) is 24.3 Å². The fourth-order valence-electron chi connectivity index (χ4n) is 1.97. The Balaban J connectivity index is 2.55. The van der Waals surface area contributed by atoms with Crippen molar-refractivity contribution in [1.29, 1.82) is 0 Å². The largest absolute Gasteiger partial charge is 0.394 e. The number of aliphatic hydroxyl groups excluding tert-OH is 1. The topological polar surface area (TPSA) is 23.5 Å². The van der Waals surface area contributed by atoms with Crippen LogP contribution in [0.2, 0.25) is 0 Å². The normalized spacial score (nSPS) is 13.8. The zero-order valence-electron chi connectivity index (χ0n) is 13.1. The first-order valence-electron chi connectivity index (χ1n) is 7.31. The molecule has 0 bridgehead atoms. The van der Waals surface area contributed by atoms with Crippen molar-refractivity contribution in [1.82, 2.24) is 4.90 Å². The predicted octanol–water partition coefficient (Wildman–Crippen LogP) is 3.45. The van der Waals surface area contributed by atoms with Crippen LogP contribution in [-0.2, 0) is 6.42 Å². The molecule has 19 heavy (non-hydrogen) atoms. The van der Waals surface area contributed by atoms with E-state index in [2.05, 4.69) is 63.9 Å². The van der Waals surface area contributed by atoms with Crippen LogP contribution in [0.4, 0.5) is 0 Å². The monoisotopic (exact) mass is 263 g/mol. The van der Waals surface area contributed by atoms with E-state index < -0.39 is 0 Å². The Hall–Kier alpha value is -0.860. The standard InChI is InChI=1S/C17H29NO/c1-6-14(2)16-9-7-15(8-10-16)11-12-18(5)17(3,4)13-19/h7-10,14,19H,6,11-13H2,1-5H3. The lowest BCUT2D eigenvalue weighted by Gasteiger charge is -2.33. The smallest absolute Gasteiger partial charge is 0.0609 e. The number of hydrogen-bond donors (Lipinski definition) is 1. The number of benzene rings is 1. The first-order valence-corrected chi connectivity index (χ1v) is 7.31. The molecule has 1 aromatic rings. The summed E-state index contributed by atoms with van der Waals surface area (Å²) < 4.78 is 0. The van der Waals surface area contributed by atoms with Crippen LogP contribution in [0.5, 0.6) is 0 Å². The molecular formula is C17H29NO. The minimum absolute atomic E-state index is 0.142. The van der Waals surface area contributed by atoms with E-state index in [1.54, 1.807) is 0 Å². The number of nitrogens with zero attached hydrogens (tertiary/aromatic N) is 1. The van der Waals surface area contributed by atoms with Crippen molar-refractivity contribution >= 4 is 0 Å². The van der Waals surface area contributed by atoms with Gasteiger partial charge in [0.1, 0.15) is 0 Å². The SMILES string of the molecule is CCC(C)c1ccc(CCN(C)C(C)(C)CO)cc1. The molecule has 0 aliphatic heterocycles. The number of hydrogen-bond acceptors (Lipinski definition) is 2. The number of aliphatic hydroxyl groups is 1. The minimum Gasteiger partial charge on any atom is -0.394 e. The van der Waals surface area contributed by atoms with Gasteiger partial charge in [0.05, 0.1) is 6.61 Å². The second-order valence-corrected chi connectivity index (χ2v) is 6.19. The number of rotatable bonds is 7. The van der Waals surface area contributed by atoms with Crippen molar-refractivity contribution in [3.8, 4) is 0 Å². The van der Waals surface area contributed by atoms with Crippen LogP contribution in [0, 0.1) is 0 Å². The molecule has 0 heterocycles. The Morgan fingerprint density at radius 2 is 1.79 bits per heavy atom. The van der Waals surface area contributed by atoms with Gasteiger partial charge >= 0.3 is 0 Å². The van der Waals surface area contributed by atoms with Gasteiger partial charge < -0.3 is 5.11 Å². The maximum absolute atomic E-state index is 9.34. The zero-order valence-corrected chi connectivity index (χ0v) is 13.1. The maximum atomic E-state index is 9.34. The van der Waals surface area contributed by atoms with E-state index in [0.717, 1.165) is 13.0 Å². The van der Waals surface area contributed by atoms with E-state index in [4.69, 9.17) is 0 Å². The van der Waals surface area contributed by atoms with Crippen LogP contribution in [0.25, 0.3) is 0 Å². The molecule has 1 rings (SSSR count). The van der Waals surface area contributed by atoms with Gasteiger partial charge in [0.25, 0.3) is 0 Å². The molecule has 1 aromatic carbocycles. The summed E-state index contributed by atoms with van der Waals surface area (Å²) in [5, 5.41) is 9.34. The van der Waals surface area contributed by atoms with Crippen molar-refractivity contribution in [2.75, 3.05) is 20.2 Å². The molecule has 1 unspecified atom stereocenters. The van der Waals surface area contributed by atoms with Gasteiger partial charge in [-0.3, -0.25) is 4.90 Å². The third-order valence-corrected chi connectivity index (χ3v) is 4.32. The van der Waals surface area contributed by atoms with Crippen molar-refractivity contribution in [3.63, 3.8) is 0 Å². The summed E-state index contributed by atoms with van der Waals surface area (Å²) in [6.07, 6.45) is 2.22. The molecule has 2 nitrogen and oxygen atoms in total. The molecule has 0 amide bonds. The summed E-state index contributed by atoms with van der Waals surface area (Å²) in [5.74, 6) is 0.644. The summed E-state index contributed by atoms with van der Waals surface area (Å²) in [7, 11) is 2.07. The van der Waals surface area contributed by atoms with Crippen molar-refractivity contribution in [2.45, 2.75) is 52.0 Å². The van der Waals surface area contributed by atoms with Gasteiger partial charge in [0, 0.05) is 12.1 Å². The Morgan fingerprint density at radius 1 is 1.21 bits per heavy atom. The maximum Gasteiger partial charge on any atom is 0.0609 e. The molecule has 0 spiro atoms. The van der Waals surface area contributed by atoms with Gasteiger partial charge in [0.2, 0.25) is 0 Å². The van der Waals surface area contributed by atoms with Gasteiger partial charge in [-0.05, 0) is 50.8 Å². The first kappa shape index (κ1) is 16.2. The van der Waals surface area contributed by atoms with Gasteiger partial charge in [-0.2, -0.15) is 0 Å². The van der Waals surface area contributed by atoms with Crippen LogP contribution < -0.4 is 0 Å². The highest BCUT2D eigenvalue weighted by Crippen LogP contribution is 2.19. The molecular weight excluding hydrogens is 234 g/mol. The summed E-state index contributed by atoms with van der Waals surface area (Å²) in [6.45, 7) is 9.79. The van der Waals surface area contributed by atoms with Gasteiger partial charge in [-0.1, -0.05) is 38.1 Å². The molecule has 0 fully saturated rings. The van der Waals surface area contributed by atoms with Gasteiger partial charge in [-0.25, -0.2) is 0 Å². The quantitative estimate of drug-likeness (QED) is 0.814. The average molecular weight is 263 g/mol. The highest BCUT2D eigenvalue weighted by Gasteiger charge is 2.21. The van der Waals surface area contributed by atoms with Gasteiger partial charge in [0.15, 0.2) is 0 Å². The first-order chi connectivity index (χ1) is 8.90. The van der Waals surface area contributed by atoms with Crippen LogP contribution in [0.3, 0.4) is 0 Å². The molecule has 2 heteroatoms. The van der Waals surface area contributed by atoms with Crippen LogP contribution in [0.1, 0.15) is 51.2 Å². The molecule has 1 atom stereocenters. The van der Waals surface area contributed by atoms with Gasteiger partial charge in [-0.15, -0.1) is 0 Å². The van der Waals surface area contributed by atoms with E-state index in [1.165, 1.54) is 17.5 Å². The van der Waals surface area contributed by atoms with E-state index in [0.29, 0.717) is 5.92 Å². The Labute approximate surface area is 118 Å². The van der Waals surface area contributed by atoms with Crippen molar-refractivity contribution < 1.29 is 5.11 Å². The Kier molecular flexibility index (Phi) is 6.02. The highest BCUT2D eigenvalue weighted by molar-refractivity contribution is 5.25. The van der Waals surface area contributed by atoms with Crippen LogP contribution in [-0.4, -0.2) is 35.7 Å². The van der Waals surface area contributed by atoms with E-state index in [1.807, 2.05) is 0 Å². The average Bonchev–Trinajstić information content (AvgIpc) is 2.44. The molecule has 108 valence electrons. The summed E-state index contributed by atoms with van der Waals surface area (Å²) >= 11 is 0. The highest BCUT2D eigenvalue weighted by atomic mass is 16.3. The van der Waals surface area contributed by atoms with Crippen LogP contribution >= 0.6 is 0 Å². The zero-order chi connectivity index (χ0) is 14.5. The second-order valence-electron chi connectivity index (χ2n) is 6.19. The van der Waals surface area contributed by atoms with Crippen molar-refractivity contribution in [3.05, 3.63) is 35.4 Å². The van der Waals surface area contributed by atoms with E-state index >= 15 is 0 Å². The molecule has 0 radical (unpaired) electrons. The molecule has 1 N–H and O–H groups in total. The summed E-state index contributed by atoms with van der Waals surface area (Å²) in [4.78, 5) is 2.22. The van der Waals surface area contributed by atoms with Crippen molar-refractivity contribution in [2.24, 2.45) is 0 Å². The minimum atomic E-state index is -0.142. The van der Waals surface area contributed by atoms with E-state index in [9.17, 15) is 5.11 Å². The predicted molar refractivity (Wildman–Crippen MR) is 82.6 cm³/mol. The third-order valence-electron chi connectivity index (χ3n) is 4.32. The summed E-state index contributed by atoms with van der Waals surface area (Å²) in [6, 6.07) is 8.98. The third kappa shape index (κ3) is 4.63.